The van der Waals surface area contributed by atoms with Crippen LogP contribution in [0.25, 0.3) is 10.9 Å². The van der Waals surface area contributed by atoms with Gasteiger partial charge in [-0.1, -0.05) is 0 Å². The Morgan fingerprint density at radius 3 is 2.57 bits per heavy atom. The summed E-state index contributed by atoms with van der Waals surface area (Å²) in [5.41, 5.74) is -1.21. The Labute approximate surface area is 132 Å². The van der Waals surface area contributed by atoms with Gasteiger partial charge in [0.1, 0.15) is 0 Å². The van der Waals surface area contributed by atoms with Crippen molar-refractivity contribution in [3.63, 3.8) is 0 Å². The average Bonchev–Trinajstić information content (AvgIpc) is 2.45. The molecule has 0 radical (unpaired) electrons. The van der Waals surface area contributed by atoms with Crippen LogP contribution < -0.4 is 21.3 Å². The van der Waals surface area contributed by atoms with Gasteiger partial charge in [0.25, 0.3) is 5.56 Å². The topological polar surface area (TPSA) is 113 Å². The smallest absolute Gasteiger partial charge is 0.313 e. The molecular formula is C14H18N4O4S. The fourth-order valence-corrected chi connectivity index (χ4v) is 4.14. The first-order chi connectivity index (χ1) is 10.8. The van der Waals surface area contributed by atoms with Crippen LogP contribution in [-0.2, 0) is 16.6 Å². The Kier molecular flexibility index (Phi) is 3.66. The zero-order chi connectivity index (χ0) is 16.8. The summed E-state index contributed by atoms with van der Waals surface area (Å²) in [6, 6.07) is 4.20. The van der Waals surface area contributed by atoms with E-state index in [-0.39, 0.29) is 10.3 Å². The van der Waals surface area contributed by atoms with Gasteiger partial charge in [-0.15, -0.1) is 0 Å². The van der Waals surface area contributed by atoms with Crippen molar-refractivity contribution in [1.29, 1.82) is 0 Å². The molecule has 0 bridgehead atoms. The molecule has 0 amide bonds. The second kappa shape index (κ2) is 5.29. The number of hydrogen-bond donors (Lipinski definition) is 3. The molecule has 0 aliphatic carbocycles. The molecular weight excluding hydrogens is 320 g/mol. The molecule has 1 saturated heterocycles. The van der Waals surface area contributed by atoms with Gasteiger partial charge in [0.15, 0.2) is 0 Å². The molecule has 2 heterocycles. The minimum Gasteiger partial charge on any atom is -0.313 e. The van der Waals surface area contributed by atoms with E-state index >= 15 is 0 Å². The highest BCUT2D eigenvalue weighted by atomic mass is 32.2. The van der Waals surface area contributed by atoms with E-state index in [2.05, 4.69) is 15.0 Å². The van der Waals surface area contributed by atoms with E-state index in [0.29, 0.717) is 25.2 Å². The quantitative estimate of drug-likeness (QED) is 0.686. The standard InChI is InChI=1S/C14H18N4O4S/c1-3-18-11-5-4-9(6-10(11)12(19)16-13(18)20)23(21,22)17-14(2)7-15-8-14/h4-6,15,17H,3,7-8H2,1-2H3,(H,16,19,20). The molecule has 0 unspecified atom stereocenters. The first-order valence-corrected chi connectivity index (χ1v) is 8.76. The minimum absolute atomic E-state index is 0.00456. The largest absolute Gasteiger partial charge is 0.328 e. The molecule has 8 nitrogen and oxygen atoms in total. The Balaban J connectivity index is 2.14. The Morgan fingerprint density at radius 2 is 2.00 bits per heavy atom. The van der Waals surface area contributed by atoms with Gasteiger partial charge in [-0.2, -0.15) is 0 Å². The van der Waals surface area contributed by atoms with Crippen LogP contribution in [0.3, 0.4) is 0 Å². The van der Waals surface area contributed by atoms with Crippen molar-refractivity contribution < 1.29 is 8.42 Å². The number of aromatic amines is 1. The zero-order valence-electron chi connectivity index (χ0n) is 12.8. The number of aromatic nitrogens is 2. The van der Waals surface area contributed by atoms with Crippen molar-refractivity contribution in [3.05, 3.63) is 39.0 Å². The summed E-state index contributed by atoms with van der Waals surface area (Å²) >= 11 is 0. The van der Waals surface area contributed by atoms with E-state index in [1.165, 1.54) is 22.8 Å². The number of nitrogens with one attached hydrogen (secondary N) is 3. The SMILES string of the molecule is CCn1c(=O)[nH]c(=O)c2cc(S(=O)(=O)NC3(C)CNC3)ccc21. The van der Waals surface area contributed by atoms with Gasteiger partial charge in [-0.3, -0.25) is 14.3 Å². The maximum atomic E-state index is 12.5. The molecule has 1 aliphatic heterocycles. The molecule has 2 aromatic rings. The van der Waals surface area contributed by atoms with E-state index in [0.717, 1.165) is 0 Å². The van der Waals surface area contributed by atoms with Crippen molar-refractivity contribution in [2.75, 3.05) is 13.1 Å². The summed E-state index contributed by atoms with van der Waals surface area (Å²) < 4.78 is 29.0. The van der Waals surface area contributed by atoms with E-state index in [1.54, 1.807) is 6.92 Å². The van der Waals surface area contributed by atoms with Gasteiger partial charge in [0.2, 0.25) is 10.0 Å². The lowest BCUT2D eigenvalue weighted by Crippen LogP contribution is -2.66. The van der Waals surface area contributed by atoms with Crippen LogP contribution in [0.4, 0.5) is 0 Å². The van der Waals surface area contributed by atoms with E-state index in [9.17, 15) is 18.0 Å². The van der Waals surface area contributed by atoms with Gasteiger partial charge in [-0.25, -0.2) is 17.9 Å². The van der Waals surface area contributed by atoms with Crippen molar-refractivity contribution in [3.8, 4) is 0 Å². The summed E-state index contributed by atoms with van der Waals surface area (Å²) in [6.45, 7) is 5.06. The maximum Gasteiger partial charge on any atom is 0.328 e. The molecule has 124 valence electrons. The molecule has 1 aromatic heterocycles. The summed E-state index contributed by atoms with van der Waals surface area (Å²) in [7, 11) is -3.75. The average molecular weight is 338 g/mol. The van der Waals surface area contributed by atoms with Crippen molar-refractivity contribution in [2.45, 2.75) is 30.8 Å². The Morgan fingerprint density at radius 1 is 1.30 bits per heavy atom. The van der Waals surface area contributed by atoms with Gasteiger partial charge in [0.05, 0.1) is 21.3 Å². The van der Waals surface area contributed by atoms with E-state index < -0.39 is 26.8 Å². The number of fused-ring (bicyclic) bond motifs is 1. The van der Waals surface area contributed by atoms with Gasteiger partial charge in [0, 0.05) is 19.6 Å². The fourth-order valence-electron chi connectivity index (χ4n) is 2.71. The lowest BCUT2D eigenvalue weighted by atomic mass is 9.97. The van der Waals surface area contributed by atoms with Crippen molar-refractivity contribution >= 4 is 20.9 Å². The fraction of sp³-hybridized carbons (Fsp3) is 0.429. The third kappa shape index (κ3) is 2.71. The molecule has 23 heavy (non-hydrogen) atoms. The van der Waals surface area contributed by atoms with Crippen LogP contribution in [0.15, 0.2) is 32.7 Å². The molecule has 0 spiro atoms. The third-order valence-corrected chi connectivity index (χ3v) is 5.64. The van der Waals surface area contributed by atoms with Crippen LogP contribution >= 0.6 is 0 Å². The number of H-pyrrole nitrogens is 1. The molecule has 0 atom stereocenters. The van der Waals surface area contributed by atoms with Crippen molar-refractivity contribution in [1.82, 2.24) is 19.6 Å². The Bertz CT molecular complexity index is 986. The highest BCUT2D eigenvalue weighted by Crippen LogP contribution is 2.19. The highest BCUT2D eigenvalue weighted by molar-refractivity contribution is 7.89. The second-order valence-electron chi connectivity index (χ2n) is 5.95. The van der Waals surface area contributed by atoms with Crippen molar-refractivity contribution in [2.24, 2.45) is 0 Å². The zero-order valence-corrected chi connectivity index (χ0v) is 13.7. The number of sulfonamides is 1. The monoisotopic (exact) mass is 338 g/mol. The van der Waals surface area contributed by atoms with E-state index in [4.69, 9.17) is 0 Å². The van der Waals surface area contributed by atoms with Crippen LogP contribution in [0, 0.1) is 0 Å². The lowest BCUT2D eigenvalue weighted by Gasteiger charge is -2.39. The predicted molar refractivity (Wildman–Crippen MR) is 86.1 cm³/mol. The predicted octanol–water partition coefficient (Wildman–Crippen LogP) is -0.650. The first-order valence-electron chi connectivity index (χ1n) is 7.27. The second-order valence-corrected chi connectivity index (χ2v) is 7.63. The minimum atomic E-state index is -3.75. The molecule has 3 rings (SSSR count). The molecule has 1 fully saturated rings. The molecule has 9 heteroatoms. The van der Waals surface area contributed by atoms with Crippen LogP contribution in [0.1, 0.15) is 13.8 Å². The molecule has 1 aliphatic rings. The van der Waals surface area contributed by atoms with Gasteiger partial charge < -0.3 is 5.32 Å². The number of nitrogens with zero attached hydrogens (tertiary/aromatic N) is 1. The summed E-state index contributed by atoms with van der Waals surface area (Å²) in [5.74, 6) is 0. The Hall–Kier alpha value is -1.97. The molecule has 3 N–H and O–H groups in total. The number of rotatable bonds is 4. The lowest BCUT2D eigenvalue weighted by molar-refractivity contribution is 0.279. The van der Waals surface area contributed by atoms with E-state index in [1.807, 2.05) is 6.92 Å². The van der Waals surface area contributed by atoms with Gasteiger partial charge >= 0.3 is 5.69 Å². The number of benzene rings is 1. The normalized spacial score (nSPS) is 17.1. The third-order valence-electron chi connectivity index (χ3n) is 4.01. The highest BCUT2D eigenvalue weighted by Gasteiger charge is 2.36. The summed E-state index contributed by atoms with van der Waals surface area (Å²) in [6.07, 6.45) is 0. The molecule has 0 saturated carbocycles. The molecule has 1 aromatic carbocycles. The number of aryl methyl sites for hydroxylation is 1. The van der Waals surface area contributed by atoms with Crippen LogP contribution in [-0.4, -0.2) is 36.6 Å². The number of hydrogen-bond acceptors (Lipinski definition) is 5. The summed E-state index contributed by atoms with van der Waals surface area (Å²) in [5, 5.41) is 3.19. The summed E-state index contributed by atoms with van der Waals surface area (Å²) in [4.78, 5) is 26.0. The van der Waals surface area contributed by atoms with Crippen LogP contribution in [0.2, 0.25) is 0 Å². The first kappa shape index (κ1) is 15.9. The van der Waals surface area contributed by atoms with Crippen LogP contribution in [0.5, 0.6) is 0 Å². The maximum absolute atomic E-state index is 12.5. The van der Waals surface area contributed by atoms with Gasteiger partial charge in [-0.05, 0) is 32.0 Å².